The zero-order valence-electron chi connectivity index (χ0n) is 16.7. The summed E-state index contributed by atoms with van der Waals surface area (Å²) in [6, 6.07) is 12.4. The number of carbonyl (C=O) groups is 2. The van der Waals surface area contributed by atoms with Crippen LogP contribution in [0, 0.1) is 12.8 Å². The molecule has 0 saturated carbocycles. The highest BCUT2D eigenvalue weighted by atomic mass is 16.5. The van der Waals surface area contributed by atoms with Gasteiger partial charge in [-0.15, -0.1) is 0 Å². The van der Waals surface area contributed by atoms with Crippen molar-refractivity contribution in [2.45, 2.75) is 38.0 Å². The van der Waals surface area contributed by atoms with E-state index in [0.717, 1.165) is 11.1 Å². The minimum Gasteiger partial charge on any atom is -0.497 e. The van der Waals surface area contributed by atoms with E-state index in [9.17, 15) is 14.7 Å². The monoisotopic (exact) mass is 395 g/mol. The van der Waals surface area contributed by atoms with Gasteiger partial charge in [-0.2, -0.15) is 0 Å². The number of anilines is 2. The van der Waals surface area contributed by atoms with Gasteiger partial charge in [-0.05, 0) is 50.6 Å². The molecule has 4 atom stereocenters. The fraction of sp³-hybridized carbons (Fsp3) is 0.364. The number of rotatable bonds is 4. The Hall–Kier alpha value is -2.90. The minimum atomic E-state index is -1.21. The summed E-state index contributed by atoms with van der Waals surface area (Å²) in [5.41, 5.74) is 1.85. The Morgan fingerprint density at radius 3 is 2.66 bits per heavy atom. The summed E-state index contributed by atoms with van der Waals surface area (Å²) in [6.07, 6.45) is -0.354. The number of aliphatic hydroxyl groups excluding tert-OH is 1. The van der Waals surface area contributed by atoms with Gasteiger partial charge in [0.15, 0.2) is 0 Å². The molecule has 0 aromatic heterocycles. The highest BCUT2D eigenvalue weighted by Crippen LogP contribution is 2.48. The molecule has 0 aliphatic carbocycles. The average Bonchev–Trinajstić information content (AvgIpc) is 3.23. The van der Waals surface area contributed by atoms with Gasteiger partial charge in [0.25, 0.3) is 0 Å². The number of fused-ring (bicyclic) bond motifs is 2. The average molecular weight is 395 g/mol. The van der Waals surface area contributed by atoms with Crippen LogP contribution < -0.4 is 20.7 Å². The quantitative estimate of drug-likeness (QED) is 0.636. The number of hydrogen-bond acceptors (Lipinski definition) is 5. The molecule has 4 N–H and O–H groups in total. The SMILES string of the molecule is COc1ccc(NC(=O)[C@@H]2C[C@H]([C@H](C)O)N[C@@]23C(=O)Nc2ccc(C)cc23)cc1. The van der Waals surface area contributed by atoms with Crippen LogP contribution in [0.3, 0.4) is 0 Å². The maximum Gasteiger partial charge on any atom is 0.250 e. The number of aryl methyl sites for hydroxylation is 1. The summed E-state index contributed by atoms with van der Waals surface area (Å²) < 4.78 is 5.15. The molecule has 2 aromatic carbocycles. The van der Waals surface area contributed by atoms with E-state index >= 15 is 0 Å². The number of aliphatic hydroxyl groups is 1. The smallest absolute Gasteiger partial charge is 0.250 e. The maximum absolute atomic E-state index is 13.3. The first-order chi connectivity index (χ1) is 13.8. The van der Waals surface area contributed by atoms with Gasteiger partial charge in [0.1, 0.15) is 11.3 Å². The molecule has 1 saturated heterocycles. The number of hydrogen-bond donors (Lipinski definition) is 4. The van der Waals surface area contributed by atoms with Crippen molar-refractivity contribution >= 4 is 23.2 Å². The van der Waals surface area contributed by atoms with Gasteiger partial charge in [-0.25, -0.2) is 0 Å². The van der Waals surface area contributed by atoms with Crippen LogP contribution in [0.2, 0.25) is 0 Å². The van der Waals surface area contributed by atoms with Crippen LogP contribution in [0.1, 0.15) is 24.5 Å². The number of amides is 2. The van der Waals surface area contributed by atoms with E-state index in [1.54, 1.807) is 38.3 Å². The molecule has 152 valence electrons. The second kappa shape index (κ2) is 7.17. The number of benzene rings is 2. The van der Waals surface area contributed by atoms with E-state index in [2.05, 4.69) is 16.0 Å². The predicted octanol–water partition coefficient (Wildman–Crippen LogP) is 2.15. The van der Waals surface area contributed by atoms with Crippen molar-refractivity contribution in [1.29, 1.82) is 0 Å². The van der Waals surface area contributed by atoms with Gasteiger partial charge >= 0.3 is 0 Å². The Balaban J connectivity index is 1.71. The van der Waals surface area contributed by atoms with E-state index in [-0.39, 0.29) is 17.9 Å². The Bertz CT molecular complexity index is 957. The molecule has 2 heterocycles. The lowest BCUT2D eigenvalue weighted by atomic mass is 9.79. The van der Waals surface area contributed by atoms with Crippen LogP contribution in [-0.4, -0.2) is 36.2 Å². The third kappa shape index (κ3) is 3.16. The highest BCUT2D eigenvalue weighted by Gasteiger charge is 2.60. The second-order valence-corrected chi connectivity index (χ2v) is 7.81. The third-order valence-electron chi connectivity index (χ3n) is 5.89. The fourth-order valence-electron chi connectivity index (χ4n) is 4.33. The van der Waals surface area contributed by atoms with Crippen LogP contribution >= 0.6 is 0 Å². The predicted molar refractivity (Wildman–Crippen MR) is 110 cm³/mol. The highest BCUT2D eigenvalue weighted by molar-refractivity contribution is 6.10. The first-order valence-electron chi connectivity index (χ1n) is 9.68. The van der Waals surface area contributed by atoms with Crippen LogP contribution in [0.5, 0.6) is 5.75 Å². The minimum absolute atomic E-state index is 0.267. The Kier molecular flexibility index (Phi) is 4.80. The summed E-state index contributed by atoms with van der Waals surface area (Å²) in [7, 11) is 1.58. The third-order valence-corrected chi connectivity index (χ3v) is 5.89. The van der Waals surface area contributed by atoms with Gasteiger partial charge in [0, 0.05) is 23.0 Å². The van der Waals surface area contributed by atoms with Crippen LogP contribution in [0.25, 0.3) is 0 Å². The van der Waals surface area contributed by atoms with Crippen LogP contribution in [0.15, 0.2) is 42.5 Å². The first kappa shape index (κ1) is 19.4. The lowest BCUT2D eigenvalue weighted by Crippen LogP contribution is -2.53. The van der Waals surface area contributed by atoms with E-state index in [1.807, 2.05) is 25.1 Å². The molecule has 7 nitrogen and oxygen atoms in total. The normalized spacial score (nSPS) is 26.1. The summed E-state index contributed by atoms with van der Waals surface area (Å²) >= 11 is 0. The van der Waals surface area contributed by atoms with Crippen molar-refractivity contribution in [2.75, 3.05) is 17.7 Å². The Labute approximate surface area is 169 Å². The molecular formula is C22H25N3O4. The van der Waals surface area contributed by atoms with Crippen molar-refractivity contribution in [3.8, 4) is 5.75 Å². The number of nitrogens with one attached hydrogen (secondary N) is 3. The maximum atomic E-state index is 13.3. The van der Waals surface area contributed by atoms with E-state index in [0.29, 0.717) is 23.5 Å². The van der Waals surface area contributed by atoms with E-state index in [4.69, 9.17) is 4.74 Å². The molecule has 2 aromatic rings. The van der Waals surface area contributed by atoms with Crippen molar-refractivity contribution in [1.82, 2.24) is 5.32 Å². The van der Waals surface area contributed by atoms with Crippen LogP contribution in [0.4, 0.5) is 11.4 Å². The van der Waals surface area contributed by atoms with Crippen molar-refractivity contribution < 1.29 is 19.4 Å². The van der Waals surface area contributed by atoms with Crippen molar-refractivity contribution in [3.05, 3.63) is 53.6 Å². The number of methoxy groups -OCH3 is 1. The summed E-state index contributed by atoms with van der Waals surface area (Å²) in [5, 5.41) is 19.3. The molecule has 0 radical (unpaired) electrons. The zero-order valence-corrected chi connectivity index (χ0v) is 16.7. The molecule has 7 heteroatoms. The van der Waals surface area contributed by atoms with Gasteiger partial charge in [0.05, 0.1) is 19.1 Å². The van der Waals surface area contributed by atoms with Gasteiger partial charge in [-0.3, -0.25) is 14.9 Å². The zero-order chi connectivity index (χ0) is 20.8. The van der Waals surface area contributed by atoms with Crippen molar-refractivity contribution in [3.63, 3.8) is 0 Å². The lowest BCUT2D eigenvalue weighted by molar-refractivity contribution is -0.130. The molecule has 0 unspecified atom stereocenters. The topological polar surface area (TPSA) is 99.7 Å². The standard InChI is InChI=1S/C22H25N3O4/c1-12-4-9-18-16(10-12)22(21(28)24-18)17(11-19(25-22)13(2)26)20(27)23-14-5-7-15(29-3)8-6-14/h4-10,13,17,19,25-26H,11H2,1-3H3,(H,23,27)(H,24,28)/t13-,17-,19+,22+/m0/s1. The largest absolute Gasteiger partial charge is 0.497 e. The Morgan fingerprint density at radius 1 is 1.28 bits per heavy atom. The van der Waals surface area contributed by atoms with Gasteiger partial charge < -0.3 is 20.5 Å². The number of ether oxygens (including phenoxy) is 1. The molecule has 0 bridgehead atoms. The lowest BCUT2D eigenvalue weighted by Gasteiger charge is -2.29. The molecule has 2 aliphatic heterocycles. The number of carbonyl (C=O) groups excluding carboxylic acids is 2. The molecule has 2 amide bonds. The molecule has 4 rings (SSSR count). The van der Waals surface area contributed by atoms with Gasteiger partial charge in [-0.1, -0.05) is 17.7 Å². The van der Waals surface area contributed by atoms with Crippen LogP contribution in [-0.2, 0) is 15.1 Å². The fourth-order valence-corrected chi connectivity index (χ4v) is 4.33. The molecule has 1 spiro atoms. The van der Waals surface area contributed by atoms with Gasteiger partial charge in [0.2, 0.25) is 11.8 Å². The van der Waals surface area contributed by atoms with E-state index < -0.39 is 17.6 Å². The molecular weight excluding hydrogens is 370 g/mol. The van der Waals surface area contributed by atoms with Crippen molar-refractivity contribution in [2.24, 2.45) is 5.92 Å². The molecule has 2 aliphatic rings. The first-order valence-corrected chi connectivity index (χ1v) is 9.68. The Morgan fingerprint density at radius 2 is 2.00 bits per heavy atom. The molecule has 1 fully saturated rings. The summed E-state index contributed by atoms with van der Waals surface area (Å²) in [4.78, 5) is 26.4. The summed E-state index contributed by atoms with van der Waals surface area (Å²) in [6.45, 7) is 3.61. The van der Waals surface area contributed by atoms with E-state index in [1.165, 1.54) is 0 Å². The summed E-state index contributed by atoms with van der Waals surface area (Å²) in [5.74, 6) is -0.519. The molecule has 29 heavy (non-hydrogen) atoms. The second-order valence-electron chi connectivity index (χ2n) is 7.81.